The molecule has 3 fully saturated rings. The van der Waals surface area contributed by atoms with E-state index in [9.17, 15) is 5.11 Å². The zero-order chi connectivity index (χ0) is 13.7. The maximum Gasteiger partial charge on any atom is 0.119 e. The van der Waals surface area contributed by atoms with E-state index < -0.39 is 0 Å². The second-order valence-corrected chi connectivity index (χ2v) is 6.93. The summed E-state index contributed by atoms with van der Waals surface area (Å²) in [4.78, 5) is 0. The first-order valence-electron chi connectivity index (χ1n) is 8.20. The largest absolute Gasteiger partial charge is 0.494 e. The van der Waals surface area contributed by atoms with Crippen LogP contribution in [0.25, 0.3) is 0 Å². The number of benzene rings is 1. The van der Waals surface area contributed by atoms with Crippen LogP contribution in [0.3, 0.4) is 0 Å². The van der Waals surface area contributed by atoms with Crippen LogP contribution in [0.5, 0.6) is 5.75 Å². The molecule has 4 rings (SSSR count). The molecule has 1 aromatic carbocycles. The van der Waals surface area contributed by atoms with Crippen molar-refractivity contribution in [2.24, 2.45) is 29.6 Å². The van der Waals surface area contributed by atoms with Crippen LogP contribution in [0, 0.1) is 29.6 Å². The van der Waals surface area contributed by atoms with Crippen LogP contribution in [0.4, 0.5) is 0 Å². The van der Waals surface area contributed by atoms with Crippen LogP contribution < -0.4 is 4.74 Å². The van der Waals surface area contributed by atoms with E-state index >= 15 is 0 Å². The van der Waals surface area contributed by atoms with Crippen LogP contribution in [0.2, 0.25) is 0 Å². The van der Waals surface area contributed by atoms with Crippen LogP contribution >= 0.6 is 0 Å². The first kappa shape index (κ1) is 12.7. The highest BCUT2D eigenvalue weighted by molar-refractivity contribution is 5.31. The van der Waals surface area contributed by atoms with Gasteiger partial charge in [0.2, 0.25) is 0 Å². The van der Waals surface area contributed by atoms with Gasteiger partial charge in [-0.25, -0.2) is 0 Å². The fourth-order valence-electron chi connectivity index (χ4n) is 5.02. The fourth-order valence-corrected chi connectivity index (χ4v) is 5.02. The summed E-state index contributed by atoms with van der Waals surface area (Å²) in [6.45, 7) is 2.87. The van der Waals surface area contributed by atoms with Crippen LogP contribution in [-0.2, 0) is 0 Å². The lowest BCUT2D eigenvalue weighted by Gasteiger charge is -2.16. The molecule has 0 aliphatic heterocycles. The number of ether oxygens (including phenoxy) is 1. The number of aliphatic hydroxyl groups is 1. The highest BCUT2D eigenvalue weighted by Crippen LogP contribution is 2.72. The Hall–Kier alpha value is -1.02. The van der Waals surface area contributed by atoms with Gasteiger partial charge in [-0.1, -0.05) is 19.1 Å². The summed E-state index contributed by atoms with van der Waals surface area (Å²) >= 11 is 0. The van der Waals surface area contributed by atoms with Crippen molar-refractivity contribution < 1.29 is 9.84 Å². The Bertz CT molecular complexity index is 465. The van der Waals surface area contributed by atoms with E-state index in [4.69, 9.17) is 4.74 Å². The van der Waals surface area contributed by atoms with E-state index in [1.165, 1.54) is 19.3 Å². The Labute approximate surface area is 121 Å². The first-order chi connectivity index (χ1) is 9.79. The van der Waals surface area contributed by atoms with Gasteiger partial charge in [-0.15, -0.1) is 0 Å². The van der Waals surface area contributed by atoms with Crippen molar-refractivity contribution in [3.8, 4) is 5.75 Å². The zero-order valence-corrected chi connectivity index (χ0v) is 12.2. The highest BCUT2D eigenvalue weighted by Gasteiger charge is 2.66. The van der Waals surface area contributed by atoms with Crippen molar-refractivity contribution in [3.05, 3.63) is 29.8 Å². The molecule has 20 heavy (non-hydrogen) atoms. The summed E-state index contributed by atoms with van der Waals surface area (Å²) in [6.07, 6.45) is 5.05. The smallest absolute Gasteiger partial charge is 0.119 e. The summed E-state index contributed by atoms with van der Waals surface area (Å²) in [5, 5.41) is 10.7. The molecule has 3 aliphatic carbocycles. The number of fused-ring (bicyclic) bond motifs is 5. The van der Waals surface area contributed by atoms with E-state index in [1.807, 2.05) is 24.3 Å². The molecule has 5 unspecified atom stereocenters. The monoisotopic (exact) mass is 272 g/mol. The van der Waals surface area contributed by atoms with Crippen molar-refractivity contribution in [3.63, 3.8) is 0 Å². The predicted molar refractivity (Wildman–Crippen MR) is 78.5 cm³/mol. The van der Waals surface area contributed by atoms with E-state index in [1.54, 1.807) is 0 Å². The average molecular weight is 272 g/mol. The number of hydrogen-bond donors (Lipinski definition) is 1. The Morgan fingerprint density at radius 1 is 1.15 bits per heavy atom. The minimum atomic E-state index is -0.256. The van der Waals surface area contributed by atoms with Gasteiger partial charge >= 0.3 is 0 Å². The summed E-state index contributed by atoms with van der Waals surface area (Å²) in [7, 11) is 0. The minimum absolute atomic E-state index is 0.256. The van der Waals surface area contributed by atoms with Crippen LogP contribution in [0.1, 0.15) is 44.3 Å². The molecule has 108 valence electrons. The second-order valence-electron chi connectivity index (χ2n) is 6.93. The Balaban J connectivity index is 1.43. The fraction of sp³-hybridized carbons (Fsp3) is 0.667. The van der Waals surface area contributed by atoms with Crippen molar-refractivity contribution in [1.82, 2.24) is 0 Å². The normalized spacial score (nSPS) is 38.6. The number of hydrogen-bond acceptors (Lipinski definition) is 2. The van der Waals surface area contributed by atoms with Gasteiger partial charge in [-0.05, 0) is 73.0 Å². The van der Waals surface area contributed by atoms with E-state index in [2.05, 4.69) is 6.92 Å². The van der Waals surface area contributed by atoms with Gasteiger partial charge in [0.05, 0.1) is 12.7 Å². The average Bonchev–Trinajstić information content (AvgIpc) is 2.92. The number of rotatable bonds is 5. The van der Waals surface area contributed by atoms with Gasteiger partial charge in [0.25, 0.3) is 0 Å². The van der Waals surface area contributed by atoms with Crippen LogP contribution in [0.15, 0.2) is 24.3 Å². The Morgan fingerprint density at radius 3 is 2.40 bits per heavy atom. The molecular weight excluding hydrogens is 248 g/mol. The molecule has 5 atom stereocenters. The first-order valence-corrected chi connectivity index (χ1v) is 8.20. The van der Waals surface area contributed by atoms with E-state index in [0.717, 1.165) is 48.0 Å². The summed E-state index contributed by atoms with van der Waals surface area (Å²) < 4.78 is 5.60. The molecule has 0 amide bonds. The standard InChI is InChI=1S/C18H24O2/c1-2-9-20-14-7-5-11(6-8-14)18(19)17-15-12-3-4-13(10-12)16(15)17/h5-8,12-13,15-19H,2-4,9-10H2,1H3. The third-order valence-corrected chi connectivity index (χ3v) is 5.85. The molecule has 3 saturated carbocycles. The SMILES string of the molecule is CCCOc1ccc(C(O)C2C3C4CCC(C4)C32)cc1. The van der Waals surface area contributed by atoms with Gasteiger partial charge in [0.1, 0.15) is 5.75 Å². The third kappa shape index (κ3) is 1.88. The van der Waals surface area contributed by atoms with Crippen molar-refractivity contribution in [2.75, 3.05) is 6.61 Å². The number of aliphatic hydroxyl groups excluding tert-OH is 1. The molecule has 0 radical (unpaired) electrons. The molecule has 2 nitrogen and oxygen atoms in total. The molecule has 1 N–H and O–H groups in total. The lowest BCUT2D eigenvalue weighted by atomic mass is 9.95. The maximum absolute atomic E-state index is 10.7. The van der Waals surface area contributed by atoms with Gasteiger partial charge in [-0.3, -0.25) is 0 Å². The van der Waals surface area contributed by atoms with Gasteiger partial charge in [0, 0.05) is 0 Å². The molecule has 0 heterocycles. The van der Waals surface area contributed by atoms with Gasteiger partial charge < -0.3 is 9.84 Å². The molecular formula is C18H24O2. The van der Waals surface area contributed by atoms with E-state index in [0.29, 0.717) is 5.92 Å². The minimum Gasteiger partial charge on any atom is -0.494 e. The predicted octanol–water partition coefficient (Wildman–Crippen LogP) is 3.80. The molecule has 2 heteroatoms. The molecule has 2 bridgehead atoms. The molecule has 0 saturated heterocycles. The van der Waals surface area contributed by atoms with Gasteiger partial charge in [-0.2, -0.15) is 0 Å². The van der Waals surface area contributed by atoms with E-state index in [-0.39, 0.29) is 6.10 Å². The maximum atomic E-state index is 10.7. The second kappa shape index (κ2) is 4.77. The quantitative estimate of drug-likeness (QED) is 0.883. The highest BCUT2D eigenvalue weighted by atomic mass is 16.5. The topological polar surface area (TPSA) is 29.5 Å². The summed E-state index contributed by atoms with van der Waals surface area (Å²) in [5.41, 5.74) is 1.08. The summed E-state index contributed by atoms with van der Waals surface area (Å²) in [6, 6.07) is 8.10. The molecule has 1 aromatic rings. The van der Waals surface area contributed by atoms with Crippen LogP contribution in [-0.4, -0.2) is 11.7 Å². The molecule has 3 aliphatic rings. The molecule has 0 spiro atoms. The Morgan fingerprint density at radius 2 is 1.80 bits per heavy atom. The third-order valence-electron chi connectivity index (χ3n) is 5.85. The zero-order valence-electron chi connectivity index (χ0n) is 12.2. The lowest BCUT2D eigenvalue weighted by molar-refractivity contribution is 0.130. The summed E-state index contributed by atoms with van der Waals surface area (Å²) in [5.74, 6) is 4.98. The Kier molecular flexibility index (Phi) is 3.03. The molecule has 0 aromatic heterocycles. The lowest BCUT2D eigenvalue weighted by Crippen LogP contribution is -2.08. The van der Waals surface area contributed by atoms with Crippen molar-refractivity contribution >= 4 is 0 Å². The van der Waals surface area contributed by atoms with Crippen molar-refractivity contribution in [1.29, 1.82) is 0 Å². The van der Waals surface area contributed by atoms with Crippen molar-refractivity contribution in [2.45, 2.75) is 38.7 Å². The van der Waals surface area contributed by atoms with Gasteiger partial charge in [0.15, 0.2) is 0 Å².